The van der Waals surface area contributed by atoms with Crippen LogP contribution in [0.2, 0.25) is 0 Å². The van der Waals surface area contributed by atoms with Crippen LogP contribution in [0.15, 0.2) is 36.9 Å². The van der Waals surface area contributed by atoms with E-state index in [1.807, 2.05) is 6.07 Å². The smallest absolute Gasteiger partial charge is 0.153 e. The third-order valence-electron chi connectivity index (χ3n) is 2.21. The van der Waals surface area contributed by atoms with Crippen molar-refractivity contribution in [3.63, 3.8) is 0 Å². The zero-order chi connectivity index (χ0) is 12.1. The highest BCUT2D eigenvalue weighted by atomic mass is 35.5. The lowest BCUT2D eigenvalue weighted by Gasteiger charge is -2.01. The van der Waals surface area contributed by atoms with E-state index < -0.39 is 0 Å². The van der Waals surface area contributed by atoms with Crippen molar-refractivity contribution in [2.45, 2.75) is 6.42 Å². The Balaban J connectivity index is 2.16. The zero-order valence-corrected chi connectivity index (χ0v) is 9.76. The Hall–Kier alpha value is -1.81. The third-order valence-corrected chi connectivity index (χ3v) is 2.51. The number of aromatic nitrogens is 3. The molecule has 0 bridgehead atoms. The second-order valence-corrected chi connectivity index (χ2v) is 3.75. The number of hydrogen-bond acceptors (Lipinski definition) is 4. The summed E-state index contributed by atoms with van der Waals surface area (Å²) < 4.78 is 0. The van der Waals surface area contributed by atoms with Crippen LogP contribution in [0, 0.1) is 0 Å². The number of Topliss-reactive ketones (excluding diaryl/α,β-unsaturated/α-hetero) is 1. The minimum absolute atomic E-state index is 0.0214. The lowest BCUT2D eigenvalue weighted by atomic mass is 10.1. The molecule has 0 unspecified atom stereocenters. The minimum atomic E-state index is -0.0357. The maximum atomic E-state index is 11.1. The van der Waals surface area contributed by atoms with Gasteiger partial charge in [0.05, 0.1) is 17.8 Å². The normalized spacial score (nSPS) is 10.2. The van der Waals surface area contributed by atoms with Crippen LogP contribution in [0.5, 0.6) is 0 Å². The number of halogens is 1. The van der Waals surface area contributed by atoms with Gasteiger partial charge >= 0.3 is 0 Å². The maximum Gasteiger partial charge on any atom is 0.153 e. The highest BCUT2D eigenvalue weighted by Gasteiger charge is 2.04. The molecule has 17 heavy (non-hydrogen) atoms. The first-order valence-electron chi connectivity index (χ1n) is 5.08. The number of hydrogen-bond donors (Lipinski definition) is 0. The van der Waals surface area contributed by atoms with E-state index in [0.717, 1.165) is 11.3 Å². The predicted molar refractivity (Wildman–Crippen MR) is 64.7 cm³/mol. The van der Waals surface area contributed by atoms with Gasteiger partial charge in [-0.05, 0) is 12.1 Å². The third kappa shape index (κ3) is 3.07. The van der Waals surface area contributed by atoms with Gasteiger partial charge in [-0.15, -0.1) is 11.6 Å². The van der Waals surface area contributed by atoms with Gasteiger partial charge in [-0.1, -0.05) is 0 Å². The molecule has 0 aliphatic heterocycles. The topological polar surface area (TPSA) is 55.7 Å². The van der Waals surface area contributed by atoms with E-state index in [-0.39, 0.29) is 18.1 Å². The van der Waals surface area contributed by atoms with Gasteiger partial charge in [0.15, 0.2) is 5.78 Å². The molecule has 0 fully saturated rings. The molecule has 2 aromatic rings. The molecule has 0 radical (unpaired) electrons. The molecule has 2 aromatic heterocycles. The molecule has 0 saturated carbocycles. The molecule has 0 aromatic carbocycles. The first kappa shape index (κ1) is 11.7. The van der Waals surface area contributed by atoms with Gasteiger partial charge in [0.1, 0.15) is 0 Å². The van der Waals surface area contributed by atoms with Crippen LogP contribution in [0.1, 0.15) is 5.69 Å². The summed E-state index contributed by atoms with van der Waals surface area (Å²) in [4.78, 5) is 23.5. The fourth-order valence-corrected chi connectivity index (χ4v) is 1.47. The van der Waals surface area contributed by atoms with Crippen LogP contribution >= 0.6 is 11.6 Å². The van der Waals surface area contributed by atoms with Crippen molar-refractivity contribution in [1.29, 1.82) is 0 Å². The van der Waals surface area contributed by atoms with Crippen LogP contribution in [0.4, 0.5) is 0 Å². The molecule has 0 aliphatic carbocycles. The van der Waals surface area contributed by atoms with Crippen molar-refractivity contribution in [1.82, 2.24) is 15.0 Å². The van der Waals surface area contributed by atoms with Gasteiger partial charge in [-0.2, -0.15) is 0 Å². The van der Waals surface area contributed by atoms with Crippen LogP contribution in [-0.4, -0.2) is 26.6 Å². The number of carbonyl (C=O) groups is 1. The molecule has 5 heteroatoms. The number of pyridine rings is 1. The largest absolute Gasteiger partial charge is 0.298 e. The number of rotatable bonds is 4. The fourth-order valence-electron chi connectivity index (χ4n) is 1.38. The Morgan fingerprint density at radius 1 is 1.18 bits per heavy atom. The maximum absolute atomic E-state index is 11.1. The fraction of sp³-hybridized carbons (Fsp3) is 0.167. The van der Waals surface area contributed by atoms with Gasteiger partial charge in [0, 0.05) is 36.3 Å². The molecule has 2 heterocycles. The Morgan fingerprint density at radius 3 is 2.65 bits per heavy atom. The van der Waals surface area contributed by atoms with E-state index in [2.05, 4.69) is 15.0 Å². The molecule has 0 atom stereocenters. The first-order chi connectivity index (χ1) is 8.29. The van der Waals surface area contributed by atoms with Gasteiger partial charge in [-0.3, -0.25) is 19.7 Å². The highest BCUT2D eigenvalue weighted by molar-refractivity contribution is 6.27. The van der Waals surface area contributed by atoms with Crippen molar-refractivity contribution in [2.24, 2.45) is 0 Å². The van der Waals surface area contributed by atoms with E-state index in [9.17, 15) is 4.79 Å². The molecular formula is C12H10ClN3O. The molecule has 0 saturated heterocycles. The number of ketones is 1. The summed E-state index contributed by atoms with van der Waals surface area (Å²) in [6, 6.07) is 3.67. The van der Waals surface area contributed by atoms with Crippen molar-refractivity contribution >= 4 is 17.4 Å². The van der Waals surface area contributed by atoms with E-state index in [1.54, 1.807) is 30.9 Å². The molecular weight excluding hydrogens is 238 g/mol. The lowest BCUT2D eigenvalue weighted by molar-refractivity contribution is -0.116. The summed E-state index contributed by atoms with van der Waals surface area (Å²) in [7, 11) is 0. The highest BCUT2D eigenvalue weighted by Crippen LogP contribution is 2.14. The summed E-state index contributed by atoms with van der Waals surface area (Å²) in [6.07, 6.45) is 6.86. The standard InChI is InChI=1S/C12H10ClN3O/c13-6-11(17)5-10-2-1-9(7-16-10)12-8-14-3-4-15-12/h1-4,7-8H,5-6H2. The Morgan fingerprint density at radius 2 is 2.06 bits per heavy atom. The Bertz CT molecular complexity index is 499. The van der Waals surface area contributed by atoms with Crippen LogP contribution < -0.4 is 0 Å². The van der Waals surface area contributed by atoms with Crippen molar-refractivity contribution < 1.29 is 4.79 Å². The van der Waals surface area contributed by atoms with E-state index in [0.29, 0.717) is 5.69 Å². The number of nitrogens with zero attached hydrogens (tertiary/aromatic N) is 3. The molecule has 4 nitrogen and oxygen atoms in total. The van der Waals surface area contributed by atoms with Crippen LogP contribution in [-0.2, 0) is 11.2 Å². The first-order valence-corrected chi connectivity index (χ1v) is 5.62. The number of alkyl halides is 1. The second kappa shape index (κ2) is 5.50. The molecule has 2 rings (SSSR count). The predicted octanol–water partition coefficient (Wildman–Crippen LogP) is 1.89. The van der Waals surface area contributed by atoms with Gasteiger partial charge in [-0.25, -0.2) is 0 Å². The van der Waals surface area contributed by atoms with Gasteiger partial charge < -0.3 is 0 Å². The summed E-state index contributed by atoms with van der Waals surface area (Å²) >= 11 is 5.43. The Labute approximate surface area is 104 Å². The summed E-state index contributed by atoms with van der Waals surface area (Å²) in [5, 5.41) is 0. The van der Waals surface area contributed by atoms with Gasteiger partial charge in [0.25, 0.3) is 0 Å². The summed E-state index contributed by atoms with van der Waals surface area (Å²) in [5.41, 5.74) is 2.35. The SMILES string of the molecule is O=C(CCl)Cc1ccc(-c2cnccn2)cn1. The van der Waals surface area contributed by atoms with Crippen molar-refractivity contribution in [3.05, 3.63) is 42.6 Å². The summed E-state index contributed by atoms with van der Waals surface area (Å²) in [5.74, 6) is -0.0143. The lowest BCUT2D eigenvalue weighted by Crippen LogP contribution is -2.05. The quantitative estimate of drug-likeness (QED) is 0.775. The monoisotopic (exact) mass is 247 g/mol. The second-order valence-electron chi connectivity index (χ2n) is 3.48. The molecule has 0 amide bonds. The minimum Gasteiger partial charge on any atom is -0.298 e. The van der Waals surface area contributed by atoms with Crippen LogP contribution in [0.25, 0.3) is 11.3 Å². The molecule has 0 aliphatic rings. The molecule has 0 spiro atoms. The van der Waals surface area contributed by atoms with Crippen molar-refractivity contribution in [2.75, 3.05) is 5.88 Å². The van der Waals surface area contributed by atoms with Crippen molar-refractivity contribution in [3.8, 4) is 11.3 Å². The molecule has 86 valence electrons. The van der Waals surface area contributed by atoms with Gasteiger partial charge in [0.2, 0.25) is 0 Å². The average Bonchev–Trinajstić information content (AvgIpc) is 2.40. The summed E-state index contributed by atoms with van der Waals surface area (Å²) in [6.45, 7) is 0. The Kier molecular flexibility index (Phi) is 3.77. The van der Waals surface area contributed by atoms with Crippen LogP contribution in [0.3, 0.4) is 0 Å². The number of carbonyl (C=O) groups excluding carboxylic acids is 1. The average molecular weight is 248 g/mol. The van der Waals surface area contributed by atoms with E-state index in [1.165, 1.54) is 0 Å². The van der Waals surface area contributed by atoms with E-state index in [4.69, 9.17) is 11.6 Å². The molecule has 0 N–H and O–H groups in total. The van der Waals surface area contributed by atoms with E-state index >= 15 is 0 Å². The zero-order valence-electron chi connectivity index (χ0n) is 9.01.